The van der Waals surface area contributed by atoms with Gasteiger partial charge in [0.15, 0.2) is 0 Å². The van der Waals surface area contributed by atoms with Crippen LogP contribution in [-0.2, 0) is 0 Å². The largest absolute Gasteiger partial charge is 0.0978 e. The van der Waals surface area contributed by atoms with Crippen molar-refractivity contribution in [2.24, 2.45) is 0 Å². The molecular weight excluding hydrogens is 276 g/mol. The average Bonchev–Trinajstić information content (AvgIpc) is 2.61. The molecule has 0 saturated carbocycles. The van der Waals surface area contributed by atoms with Crippen molar-refractivity contribution in [1.82, 2.24) is 0 Å². The van der Waals surface area contributed by atoms with E-state index in [9.17, 15) is 0 Å². The van der Waals surface area contributed by atoms with Gasteiger partial charge in [0.1, 0.15) is 0 Å². The minimum atomic E-state index is 0.976. The van der Waals surface area contributed by atoms with Gasteiger partial charge in [-0.15, -0.1) is 0 Å². The zero-order valence-corrected chi connectivity index (χ0v) is 13.9. The Bertz CT molecular complexity index is 702. The van der Waals surface area contributed by atoms with Crippen molar-refractivity contribution in [3.05, 3.63) is 71.3 Å². The fourth-order valence-corrected chi connectivity index (χ4v) is 2.34. The van der Waals surface area contributed by atoms with E-state index in [2.05, 4.69) is 36.7 Å². The summed E-state index contributed by atoms with van der Waals surface area (Å²) >= 11 is 0. The summed E-state index contributed by atoms with van der Waals surface area (Å²) in [6, 6.07) is 18.2. The molecule has 0 radical (unpaired) electrons. The van der Waals surface area contributed by atoms with Crippen LogP contribution in [0.5, 0.6) is 0 Å². The van der Waals surface area contributed by atoms with Gasteiger partial charge < -0.3 is 0 Å². The van der Waals surface area contributed by atoms with Gasteiger partial charge >= 0.3 is 0 Å². The van der Waals surface area contributed by atoms with Crippen molar-refractivity contribution in [2.75, 3.05) is 0 Å². The van der Waals surface area contributed by atoms with E-state index < -0.39 is 0 Å². The van der Waals surface area contributed by atoms with Crippen LogP contribution in [0.1, 0.15) is 62.1 Å². The van der Waals surface area contributed by atoms with E-state index in [0.717, 1.165) is 23.1 Å². The topological polar surface area (TPSA) is 0 Å². The molecule has 0 saturated heterocycles. The predicted molar refractivity (Wildman–Crippen MR) is 99.1 cm³/mol. The molecule has 0 aliphatic rings. The van der Waals surface area contributed by atoms with Crippen LogP contribution in [-0.4, -0.2) is 0 Å². The fraction of sp³-hybridized carbons (Fsp3) is 0.304. The lowest BCUT2D eigenvalue weighted by atomic mass is 10.1. The van der Waals surface area contributed by atoms with Crippen LogP contribution < -0.4 is 0 Å². The first-order valence-corrected chi connectivity index (χ1v) is 8.55. The summed E-state index contributed by atoms with van der Waals surface area (Å²) in [5.41, 5.74) is 3.07. The Labute approximate surface area is 141 Å². The van der Waals surface area contributed by atoms with E-state index in [4.69, 9.17) is 0 Å². The highest BCUT2D eigenvalue weighted by Gasteiger charge is 1.94. The van der Waals surface area contributed by atoms with E-state index in [1.165, 1.54) is 32.1 Å². The van der Waals surface area contributed by atoms with Gasteiger partial charge in [0.2, 0.25) is 0 Å². The van der Waals surface area contributed by atoms with Crippen molar-refractivity contribution in [2.45, 2.75) is 45.4 Å². The van der Waals surface area contributed by atoms with Crippen molar-refractivity contribution in [3.8, 4) is 23.7 Å². The second-order valence-corrected chi connectivity index (χ2v) is 5.63. The summed E-state index contributed by atoms with van der Waals surface area (Å²) in [6.45, 7) is 2.24. The highest BCUT2D eigenvalue weighted by atomic mass is 14.0. The molecule has 2 aromatic rings. The van der Waals surface area contributed by atoms with Gasteiger partial charge in [-0.3, -0.25) is 0 Å². The van der Waals surface area contributed by atoms with Crippen LogP contribution >= 0.6 is 0 Å². The molecule has 0 aromatic heterocycles. The maximum absolute atomic E-state index is 3.30. The number of unbranched alkanes of at least 4 members (excludes halogenated alkanes) is 5. The fourth-order valence-electron chi connectivity index (χ4n) is 2.34. The van der Waals surface area contributed by atoms with Crippen LogP contribution in [0.4, 0.5) is 0 Å². The van der Waals surface area contributed by atoms with E-state index >= 15 is 0 Å². The second kappa shape index (κ2) is 10.3. The zero-order valence-electron chi connectivity index (χ0n) is 13.9. The van der Waals surface area contributed by atoms with Gasteiger partial charge in [0.25, 0.3) is 0 Å². The smallest absolute Gasteiger partial charge is 0.0405 e. The van der Waals surface area contributed by atoms with Gasteiger partial charge in [0.05, 0.1) is 0 Å². The van der Waals surface area contributed by atoms with Crippen molar-refractivity contribution in [3.63, 3.8) is 0 Å². The van der Waals surface area contributed by atoms with Gasteiger partial charge in [-0.2, -0.15) is 0 Å². The summed E-state index contributed by atoms with van der Waals surface area (Å²) in [7, 11) is 0. The summed E-state index contributed by atoms with van der Waals surface area (Å²) in [6.07, 6.45) is 7.43. The van der Waals surface area contributed by atoms with E-state index in [1.807, 2.05) is 48.5 Å². The van der Waals surface area contributed by atoms with E-state index in [-0.39, 0.29) is 0 Å². The minimum Gasteiger partial charge on any atom is -0.0978 e. The Morgan fingerprint density at radius 3 is 2.04 bits per heavy atom. The predicted octanol–water partition coefficient (Wildman–Crippen LogP) is 5.80. The average molecular weight is 300 g/mol. The van der Waals surface area contributed by atoms with Crippen LogP contribution in [0.25, 0.3) is 0 Å². The second-order valence-electron chi connectivity index (χ2n) is 5.63. The maximum Gasteiger partial charge on any atom is 0.0405 e. The third-order valence-electron chi connectivity index (χ3n) is 3.67. The molecule has 116 valence electrons. The molecule has 0 amide bonds. The van der Waals surface area contributed by atoms with Gasteiger partial charge in [-0.25, -0.2) is 0 Å². The molecule has 0 unspecified atom stereocenters. The molecule has 2 rings (SSSR count). The molecule has 0 fully saturated rings. The van der Waals surface area contributed by atoms with Crippen LogP contribution in [0.2, 0.25) is 0 Å². The monoisotopic (exact) mass is 300 g/mol. The van der Waals surface area contributed by atoms with Crippen molar-refractivity contribution >= 4 is 0 Å². The van der Waals surface area contributed by atoms with Gasteiger partial charge in [0, 0.05) is 23.1 Å². The molecular formula is C23H24. The molecule has 23 heavy (non-hydrogen) atoms. The van der Waals surface area contributed by atoms with Crippen LogP contribution in [0.3, 0.4) is 0 Å². The number of rotatable bonds is 5. The maximum atomic E-state index is 3.30. The number of hydrogen-bond acceptors (Lipinski definition) is 0. The lowest BCUT2D eigenvalue weighted by Gasteiger charge is -1.96. The van der Waals surface area contributed by atoms with Crippen LogP contribution in [0.15, 0.2) is 54.6 Å². The lowest BCUT2D eigenvalue weighted by Crippen LogP contribution is -1.83. The highest BCUT2D eigenvalue weighted by Crippen LogP contribution is 2.08. The Kier molecular flexibility index (Phi) is 7.59. The molecule has 0 atom stereocenters. The molecule has 0 spiro atoms. The third kappa shape index (κ3) is 6.46. The Hall–Kier alpha value is -2.44. The van der Waals surface area contributed by atoms with Gasteiger partial charge in [-0.1, -0.05) is 86.6 Å². The van der Waals surface area contributed by atoms with Crippen molar-refractivity contribution in [1.29, 1.82) is 0 Å². The quantitative estimate of drug-likeness (QED) is 0.483. The normalized spacial score (nSPS) is 9.43. The Morgan fingerprint density at radius 1 is 0.652 bits per heavy atom. The summed E-state index contributed by atoms with van der Waals surface area (Å²) in [4.78, 5) is 0. The van der Waals surface area contributed by atoms with E-state index in [1.54, 1.807) is 0 Å². The molecule has 0 N–H and O–H groups in total. The lowest BCUT2D eigenvalue weighted by molar-refractivity contribution is 0.641. The molecule has 0 bridgehead atoms. The summed E-state index contributed by atoms with van der Waals surface area (Å²) < 4.78 is 0. The number of benzene rings is 2. The SMILES string of the molecule is CCCCCCCC#Cc1ccccc1C#Cc1ccccc1. The molecule has 0 heterocycles. The van der Waals surface area contributed by atoms with Crippen molar-refractivity contribution < 1.29 is 0 Å². The first-order valence-electron chi connectivity index (χ1n) is 8.55. The molecule has 2 aromatic carbocycles. The Balaban J connectivity index is 1.97. The zero-order chi connectivity index (χ0) is 16.2. The molecule has 0 heteroatoms. The summed E-state index contributed by atoms with van der Waals surface area (Å²) in [5.74, 6) is 13.0. The van der Waals surface area contributed by atoms with Gasteiger partial charge in [-0.05, 0) is 30.7 Å². The number of hydrogen-bond donors (Lipinski definition) is 0. The standard InChI is InChI=1S/C23H24/c1-2-3-4-5-6-7-11-16-22-17-12-13-18-23(22)20-19-21-14-9-8-10-15-21/h8-10,12-15,17-18H,2-7H2,1H3. The van der Waals surface area contributed by atoms with Crippen LogP contribution in [0, 0.1) is 23.7 Å². The third-order valence-corrected chi connectivity index (χ3v) is 3.67. The molecule has 0 nitrogen and oxygen atoms in total. The summed E-state index contributed by atoms with van der Waals surface area (Å²) in [5, 5.41) is 0. The highest BCUT2D eigenvalue weighted by molar-refractivity contribution is 5.52. The Morgan fingerprint density at radius 2 is 1.30 bits per heavy atom. The van der Waals surface area contributed by atoms with E-state index in [0.29, 0.717) is 0 Å². The molecule has 0 aliphatic carbocycles. The first kappa shape index (κ1) is 16.9. The molecule has 0 aliphatic heterocycles. The first-order chi connectivity index (χ1) is 11.4. The minimum absolute atomic E-state index is 0.976.